The van der Waals surface area contributed by atoms with Crippen molar-refractivity contribution in [2.75, 3.05) is 19.0 Å². The lowest BCUT2D eigenvalue weighted by atomic mass is 10.1. The summed E-state index contributed by atoms with van der Waals surface area (Å²) in [5.74, 6) is 1.07. The Bertz CT molecular complexity index is 859. The maximum atomic E-state index is 12.0. The Morgan fingerprint density at radius 1 is 1.22 bits per heavy atom. The molecule has 0 bridgehead atoms. The molecule has 0 saturated heterocycles. The van der Waals surface area contributed by atoms with Crippen molar-refractivity contribution < 1.29 is 9.84 Å². The van der Waals surface area contributed by atoms with Gasteiger partial charge >= 0.3 is 0 Å². The summed E-state index contributed by atoms with van der Waals surface area (Å²) in [4.78, 5) is 19.0. The molecule has 0 amide bonds. The molecule has 1 atom stereocenters. The summed E-state index contributed by atoms with van der Waals surface area (Å²) in [5, 5.41) is 13.7. The number of aromatic nitrogens is 2. The van der Waals surface area contributed by atoms with Crippen molar-refractivity contribution >= 4 is 16.9 Å². The number of hydrogen-bond donors (Lipinski definition) is 3. The SMILES string of the molecule is COc1ccc([C@@H](O)CNc2nc3ccccc3c(=O)[nH]2)cc1. The molecule has 6 nitrogen and oxygen atoms in total. The van der Waals surface area contributed by atoms with Gasteiger partial charge in [0, 0.05) is 6.54 Å². The fourth-order valence-corrected chi connectivity index (χ4v) is 2.31. The maximum Gasteiger partial charge on any atom is 0.260 e. The van der Waals surface area contributed by atoms with Crippen molar-refractivity contribution in [1.82, 2.24) is 9.97 Å². The Morgan fingerprint density at radius 3 is 2.70 bits per heavy atom. The summed E-state index contributed by atoms with van der Waals surface area (Å²) in [6.07, 6.45) is -0.724. The average Bonchev–Trinajstić information content (AvgIpc) is 2.60. The van der Waals surface area contributed by atoms with Crippen LogP contribution in [0.1, 0.15) is 11.7 Å². The number of fused-ring (bicyclic) bond motifs is 1. The molecule has 0 fully saturated rings. The molecule has 3 aromatic rings. The largest absolute Gasteiger partial charge is 0.497 e. The van der Waals surface area contributed by atoms with Crippen LogP contribution in [0.3, 0.4) is 0 Å². The van der Waals surface area contributed by atoms with E-state index < -0.39 is 6.10 Å². The highest BCUT2D eigenvalue weighted by Crippen LogP contribution is 2.18. The summed E-state index contributed by atoms with van der Waals surface area (Å²) >= 11 is 0. The average molecular weight is 311 g/mol. The van der Waals surface area contributed by atoms with Crippen molar-refractivity contribution in [3.05, 3.63) is 64.4 Å². The molecule has 3 rings (SSSR count). The van der Waals surface area contributed by atoms with Crippen molar-refractivity contribution in [2.45, 2.75) is 6.10 Å². The molecule has 118 valence electrons. The first kappa shape index (κ1) is 15.1. The van der Waals surface area contributed by atoms with Crippen LogP contribution in [0.2, 0.25) is 0 Å². The van der Waals surface area contributed by atoms with Crippen LogP contribution in [0.25, 0.3) is 10.9 Å². The third-order valence-electron chi connectivity index (χ3n) is 3.58. The van der Waals surface area contributed by atoms with Crippen molar-refractivity contribution in [3.63, 3.8) is 0 Å². The van der Waals surface area contributed by atoms with E-state index in [0.717, 1.165) is 11.3 Å². The van der Waals surface area contributed by atoms with Gasteiger partial charge in [-0.05, 0) is 29.8 Å². The monoisotopic (exact) mass is 311 g/mol. The molecule has 2 aromatic carbocycles. The Hall–Kier alpha value is -2.86. The molecule has 0 aliphatic rings. The van der Waals surface area contributed by atoms with E-state index in [0.29, 0.717) is 16.9 Å². The van der Waals surface area contributed by atoms with Crippen LogP contribution in [-0.2, 0) is 0 Å². The first-order valence-electron chi connectivity index (χ1n) is 7.22. The van der Waals surface area contributed by atoms with Crippen molar-refractivity contribution in [1.29, 1.82) is 0 Å². The molecular formula is C17H17N3O3. The number of nitrogens with zero attached hydrogens (tertiary/aromatic N) is 1. The van der Waals surface area contributed by atoms with E-state index in [2.05, 4.69) is 15.3 Å². The van der Waals surface area contributed by atoms with Gasteiger partial charge in [-0.15, -0.1) is 0 Å². The molecule has 1 aromatic heterocycles. The quantitative estimate of drug-likeness (QED) is 0.671. The predicted octanol–water partition coefficient (Wildman–Crippen LogP) is 2.08. The summed E-state index contributed by atoms with van der Waals surface area (Å²) in [5.41, 5.74) is 1.15. The number of aromatic amines is 1. The van der Waals surface area contributed by atoms with Gasteiger partial charge in [-0.1, -0.05) is 24.3 Å². The highest BCUT2D eigenvalue weighted by molar-refractivity contribution is 5.78. The second-order valence-corrected chi connectivity index (χ2v) is 5.10. The summed E-state index contributed by atoms with van der Waals surface area (Å²) in [7, 11) is 1.59. The normalized spacial score (nSPS) is 12.1. The number of methoxy groups -OCH3 is 1. The topological polar surface area (TPSA) is 87.2 Å². The van der Waals surface area contributed by atoms with E-state index in [-0.39, 0.29) is 12.1 Å². The van der Waals surface area contributed by atoms with Crippen LogP contribution in [-0.4, -0.2) is 28.7 Å². The Kier molecular flexibility index (Phi) is 4.25. The first-order chi connectivity index (χ1) is 11.2. The molecule has 1 heterocycles. The second kappa shape index (κ2) is 6.50. The minimum Gasteiger partial charge on any atom is -0.497 e. The molecule has 0 unspecified atom stereocenters. The van der Waals surface area contributed by atoms with Gasteiger partial charge in [-0.3, -0.25) is 9.78 Å². The molecule has 23 heavy (non-hydrogen) atoms. The van der Waals surface area contributed by atoms with Gasteiger partial charge in [0.1, 0.15) is 5.75 Å². The zero-order valence-electron chi connectivity index (χ0n) is 12.6. The van der Waals surface area contributed by atoms with E-state index in [1.807, 2.05) is 6.07 Å². The number of rotatable bonds is 5. The number of para-hydroxylation sites is 1. The highest BCUT2D eigenvalue weighted by Gasteiger charge is 2.09. The fraction of sp³-hybridized carbons (Fsp3) is 0.176. The number of nitrogens with one attached hydrogen (secondary N) is 2. The third kappa shape index (κ3) is 3.32. The van der Waals surface area contributed by atoms with E-state index >= 15 is 0 Å². The number of benzene rings is 2. The standard InChI is InChI=1S/C17H17N3O3/c1-23-12-8-6-11(7-9-12)15(21)10-18-17-19-14-5-3-2-4-13(14)16(22)20-17/h2-9,15,21H,10H2,1H3,(H2,18,19,20,22)/t15-/m0/s1. The number of hydrogen-bond acceptors (Lipinski definition) is 5. The molecule has 3 N–H and O–H groups in total. The minimum atomic E-state index is -0.724. The number of anilines is 1. The van der Waals surface area contributed by atoms with Crippen LogP contribution in [0.5, 0.6) is 5.75 Å². The van der Waals surface area contributed by atoms with Crippen LogP contribution < -0.4 is 15.6 Å². The number of ether oxygens (including phenoxy) is 1. The zero-order chi connectivity index (χ0) is 16.2. The second-order valence-electron chi connectivity index (χ2n) is 5.10. The number of aliphatic hydroxyl groups excluding tert-OH is 1. The molecule has 0 radical (unpaired) electrons. The van der Waals surface area contributed by atoms with Gasteiger partial charge in [0.25, 0.3) is 5.56 Å². The third-order valence-corrected chi connectivity index (χ3v) is 3.58. The minimum absolute atomic E-state index is 0.211. The maximum absolute atomic E-state index is 12.0. The zero-order valence-corrected chi connectivity index (χ0v) is 12.6. The molecular weight excluding hydrogens is 294 g/mol. The Labute approximate surface area is 132 Å². The predicted molar refractivity (Wildman–Crippen MR) is 88.8 cm³/mol. The number of aliphatic hydroxyl groups is 1. The first-order valence-corrected chi connectivity index (χ1v) is 7.22. The Balaban J connectivity index is 1.73. The van der Waals surface area contributed by atoms with Gasteiger partial charge in [-0.25, -0.2) is 4.98 Å². The Morgan fingerprint density at radius 2 is 1.96 bits per heavy atom. The van der Waals surface area contributed by atoms with Crippen LogP contribution in [0, 0.1) is 0 Å². The molecule has 6 heteroatoms. The van der Waals surface area contributed by atoms with Gasteiger partial charge in [-0.2, -0.15) is 0 Å². The van der Waals surface area contributed by atoms with E-state index in [1.165, 1.54) is 0 Å². The van der Waals surface area contributed by atoms with E-state index in [9.17, 15) is 9.90 Å². The van der Waals surface area contributed by atoms with Crippen LogP contribution in [0.4, 0.5) is 5.95 Å². The van der Waals surface area contributed by atoms with E-state index in [4.69, 9.17) is 4.74 Å². The molecule has 0 saturated carbocycles. The number of H-pyrrole nitrogens is 1. The van der Waals surface area contributed by atoms with E-state index in [1.54, 1.807) is 49.6 Å². The molecule has 0 aliphatic heterocycles. The molecule has 0 spiro atoms. The van der Waals surface area contributed by atoms with Gasteiger partial charge in [0.15, 0.2) is 0 Å². The van der Waals surface area contributed by atoms with Crippen molar-refractivity contribution in [3.8, 4) is 5.75 Å². The lowest BCUT2D eigenvalue weighted by Crippen LogP contribution is -2.17. The summed E-state index contributed by atoms with van der Waals surface area (Å²) in [6, 6.07) is 14.3. The van der Waals surface area contributed by atoms with Crippen molar-refractivity contribution in [2.24, 2.45) is 0 Å². The molecule has 0 aliphatic carbocycles. The van der Waals surface area contributed by atoms with Gasteiger partial charge < -0.3 is 15.2 Å². The lowest BCUT2D eigenvalue weighted by Gasteiger charge is -2.13. The lowest BCUT2D eigenvalue weighted by molar-refractivity contribution is 0.191. The van der Waals surface area contributed by atoms with Crippen LogP contribution in [0.15, 0.2) is 53.3 Å². The summed E-state index contributed by atoms with van der Waals surface area (Å²) < 4.78 is 5.09. The van der Waals surface area contributed by atoms with Gasteiger partial charge in [0.2, 0.25) is 5.95 Å². The summed E-state index contributed by atoms with van der Waals surface area (Å²) in [6.45, 7) is 0.230. The highest BCUT2D eigenvalue weighted by atomic mass is 16.5. The van der Waals surface area contributed by atoms with Gasteiger partial charge in [0.05, 0.1) is 24.1 Å². The fourth-order valence-electron chi connectivity index (χ4n) is 2.31. The smallest absolute Gasteiger partial charge is 0.260 e. The van der Waals surface area contributed by atoms with Crippen LogP contribution >= 0.6 is 0 Å².